The molecule has 1 heterocycles. The smallest absolute Gasteiger partial charge is 0.220 e. The highest BCUT2D eigenvalue weighted by molar-refractivity contribution is 7.12. The van der Waals surface area contributed by atoms with E-state index in [1.165, 1.54) is 16.9 Å². The van der Waals surface area contributed by atoms with Gasteiger partial charge in [-0.25, -0.2) is 0 Å². The normalized spacial score (nSPS) is 12.0. The van der Waals surface area contributed by atoms with Crippen LogP contribution in [0, 0.1) is 0 Å². The van der Waals surface area contributed by atoms with Crippen LogP contribution in [0.1, 0.15) is 55.3 Å². The largest absolute Gasteiger partial charge is 0.491 e. The van der Waals surface area contributed by atoms with Crippen molar-refractivity contribution < 1.29 is 14.3 Å². The van der Waals surface area contributed by atoms with Gasteiger partial charge in [-0.1, -0.05) is 18.2 Å². The third-order valence-electron chi connectivity index (χ3n) is 3.94. The maximum Gasteiger partial charge on any atom is 0.220 e. The number of amides is 1. The van der Waals surface area contributed by atoms with Crippen LogP contribution in [0.3, 0.4) is 0 Å². The number of Topliss-reactive ketones (excluding diaryl/α,β-unsaturated/α-hetero) is 1. The summed E-state index contributed by atoms with van der Waals surface area (Å²) in [5.74, 6) is 0.843. The minimum Gasteiger partial charge on any atom is -0.491 e. The molecule has 140 valence electrons. The lowest BCUT2D eigenvalue weighted by Crippen LogP contribution is -2.33. The molecule has 0 saturated heterocycles. The molecule has 0 fully saturated rings. The van der Waals surface area contributed by atoms with Crippen molar-refractivity contribution in [2.45, 2.75) is 58.6 Å². The average molecular weight is 374 g/mol. The first-order chi connectivity index (χ1) is 12.4. The van der Waals surface area contributed by atoms with Crippen LogP contribution in [0.4, 0.5) is 0 Å². The van der Waals surface area contributed by atoms with Gasteiger partial charge in [0.25, 0.3) is 0 Å². The van der Waals surface area contributed by atoms with E-state index >= 15 is 0 Å². The van der Waals surface area contributed by atoms with Crippen molar-refractivity contribution in [2.75, 3.05) is 0 Å². The number of hydrogen-bond acceptors (Lipinski definition) is 4. The van der Waals surface area contributed by atoms with Gasteiger partial charge in [0.2, 0.25) is 5.91 Å². The van der Waals surface area contributed by atoms with E-state index in [0.717, 1.165) is 23.5 Å². The van der Waals surface area contributed by atoms with Crippen LogP contribution in [0.25, 0.3) is 0 Å². The second kappa shape index (κ2) is 10.1. The van der Waals surface area contributed by atoms with E-state index in [1.807, 2.05) is 44.4 Å². The molecule has 5 heteroatoms. The van der Waals surface area contributed by atoms with Crippen molar-refractivity contribution in [1.29, 1.82) is 0 Å². The zero-order valence-corrected chi connectivity index (χ0v) is 16.5. The molecule has 0 aliphatic carbocycles. The zero-order valence-electron chi connectivity index (χ0n) is 15.7. The van der Waals surface area contributed by atoms with Crippen LogP contribution in [0.5, 0.6) is 5.75 Å². The second-order valence-electron chi connectivity index (χ2n) is 6.72. The molecule has 0 spiro atoms. The molecule has 2 rings (SSSR count). The Balaban J connectivity index is 1.68. The number of ketones is 1. The summed E-state index contributed by atoms with van der Waals surface area (Å²) >= 11 is 1.42. The molecular formula is C21H27NO3S. The second-order valence-corrected chi connectivity index (χ2v) is 7.67. The fraction of sp³-hybridized carbons (Fsp3) is 0.429. The van der Waals surface area contributed by atoms with Gasteiger partial charge in [-0.2, -0.15) is 0 Å². The fourth-order valence-corrected chi connectivity index (χ4v) is 3.29. The number of hydrogen-bond donors (Lipinski definition) is 1. The minimum absolute atomic E-state index is 0.0338. The fourth-order valence-electron chi connectivity index (χ4n) is 2.60. The molecule has 1 N–H and O–H groups in total. The lowest BCUT2D eigenvalue weighted by atomic mass is 10.1. The highest BCUT2D eigenvalue weighted by Crippen LogP contribution is 2.15. The Morgan fingerprint density at radius 2 is 1.81 bits per heavy atom. The van der Waals surface area contributed by atoms with Crippen LogP contribution in [0.15, 0.2) is 41.8 Å². The van der Waals surface area contributed by atoms with Gasteiger partial charge in [0, 0.05) is 18.9 Å². The number of thiophene rings is 1. The summed E-state index contributed by atoms with van der Waals surface area (Å²) in [5.41, 5.74) is 1.22. The monoisotopic (exact) mass is 373 g/mol. The van der Waals surface area contributed by atoms with E-state index in [4.69, 9.17) is 4.74 Å². The van der Waals surface area contributed by atoms with Gasteiger partial charge in [-0.05, 0) is 62.8 Å². The van der Waals surface area contributed by atoms with E-state index in [1.54, 1.807) is 6.07 Å². The Morgan fingerprint density at radius 1 is 1.08 bits per heavy atom. The summed E-state index contributed by atoms with van der Waals surface area (Å²) in [4.78, 5) is 24.6. The van der Waals surface area contributed by atoms with Crippen molar-refractivity contribution in [1.82, 2.24) is 5.32 Å². The van der Waals surface area contributed by atoms with E-state index in [2.05, 4.69) is 17.4 Å². The lowest BCUT2D eigenvalue weighted by molar-refractivity contribution is -0.121. The molecule has 1 amide bonds. The number of benzene rings is 1. The number of ether oxygens (including phenoxy) is 1. The lowest BCUT2D eigenvalue weighted by Gasteiger charge is -2.14. The van der Waals surface area contributed by atoms with Crippen molar-refractivity contribution >= 4 is 23.0 Å². The maximum atomic E-state index is 12.0. The highest BCUT2D eigenvalue weighted by atomic mass is 32.1. The van der Waals surface area contributed by atoms with Gasteiger partial charge in [-0.15, -0.1) is 11.3 Å². The van der Waals surface area contributed by atoms with Crippen molar-refractivity contribution in [3.05, 3.63) is 52.2 Å². The summed E-state index contributed by atoms with van der Waals surface area (Å²) in [7, 11) is 0. The molecule has 1 atom stereocenters. The Kier molecular flexibility index (Phi) is 7.85. The molecule has 1 aromatic carbocycles. The van der Waals surface area contributed by atoms with Gasteiger partial charge >= 0.3 is 0 Å². The first-order valence-corrected chi connectivity index (χ1v) is 9.93. The number of rotatable bonds is 10. The molecule has 0 bridgehead atoms. The molecule has 0 radical (unpaired) electrons. The third kappa shape index (κ3) is 7.00. The molecule has 26 heavy (non-hydrogen) atoms. The summed E-state index contributed by atoms with van der Waals surface area (Å²) < 4.78 is 5.64. The first-order valence-electron chi connectivity index (χ1n) is 9.05. The van der Waals surface area contributed by atoms with Crippen LogP contribution in [-0.2, 0) is 11.2 Å². The minimum atomic E-state index is -0.0666. The van der Waals surface area contributed by atoms with Crippen molar-refractivity contribution in [2.24, 2.45) is 0 Å². The van der Waals surface area contributed by atoms with Crippen molar-refractivity contribution in [3.8, 4) is 5.75 Å². The molecule has 4 nitrogen and oxygen atoms in total. The number of carbonyl (C=O) groups is 2. The first kappa shape index (κ1) is 20.2. The standard InChI is InChI=1S/C21H27NO3S/c1-15(2)25-18-10-8-17(9-11-18)7-6-16(3)22-21(24)13-12-19(23)20-5-4-14-26-20/h4-5,8-11,14-16H,6-7,12-13H2,1-3H3,(H,22,24). The van der Waals surface area contributed by atoms with E-state index in [0.29, 0.717) is 0 Å². The van der Waals surface area contributed by atoms with Crippen LogP contribution < -0.4 is 10.1 Å². The molecule has 0 aliphatic rings. The number of nitrogens with one attached hydrogen (secondary N) is 1. The molecular weight excluding hydrogens is 346 g/mol. The topological polar surface area (TPSA) is 55.4 Å². The zero-order chi connectivity index (χ0) is 18.9. The highest BCUT2D eigenvalue weighted by Gasteiger charge is 2.12. The van der Waals surface area contributed by atoms with E-state index in [9.17, 15) is 9.59 Å². The van der Waals surface area contributed by atoms with Gasteiger partial charge in [0.1, 0.15) is 5.75 Å². The van der Waals surface area contributed by atoms with Gasteiger partial charge in [-0.3, -0.25) is 9.59 Å². The van der Waals surface area contributed by atoms with Crippen LogP contribution in [-0.4, -0.2) is 23.8 Å². The molecule has 1 unspecified atom stereocenters. The molecule has 1 aromatic heterocycles. The SMILES string of the molecule is CC(CCc1ccc(OC(C)C)cc1)NC(=O)CCC(=O)c1cccs1. The predicted molar refractivity (Wildman–Crippen MR) is 106 cm³/mol. The Labute approximate surface area is 159 Å². The van der Waals surface area contributed by atoms with Crippen LogP contribution in [0.2, 0.25) is 0 Å². The Morgan fingerprint density at radius 3 is 2.42 bits per heavy atom. The van der Waals surface area contributed by atoms with E-state index < -0.39 is 0 Å². The summed E-state index contributed by atoms with van der Waals surface area (Å²) in [6.45, 7) is 6.01. The predicted octanol–water partition coefficient (Wildman–Crippen LogP) is 4.64. The van der Waals surface area contributed by atoms with Gasteiger partial charge < -0.3 is 10.1 Å². The molecule has 2 aromatic rings. The average Bonchev–Trinajstić information content (AvgIpc) is 3.13. The van der Waals surface area contributed by atoms with Gasteiger partial charge in [0.15, 0.2) is 5.78 Å². The number of carbonyl (C=O) groups excluding carboxylic acids is 2. The van der Waals surface area contributed by atoms with Crippen molar-refractivity contribution in [3.63, 3.8) is 0 Å². The third-order valence-corrected chi connectivity index (χ3v) is 4.85. The molecule has 0 saturated carbocycles. The number of aryl methyl sites for hydroxylation is 1. The Bertz CT molecular complexity index is 693. The maximum absolute atomic E-state index is 12.0. The van der Waals surface area contributed by atoms with Crippen LogP contribution >= 0.6 is 11.3 Å². The molecule has 0 aliphatic heterocycles. The summed E-state index contributed by atoms with van der Waals surface area (Å²) in [6.07, 6.45) is 2.41. The van der Waals surface area contributed by atoms with Gasteiger partial charge in [0.05, 0.1) is 11.0 Å². The summed E-state index contributed by atoms with van der Waals surface area (Å²) in [5, 5.41) is 4.85. The summed E-state index contributed by atoms with van der Waals surface area (Å²) in [6, 6.07) is 11.8. The van der Waals surface area contributed by atoms with E-state index in [-0.39, 0.29) is 36.7 Å². The Hall–Kier alpha value is -2.14. The quantitative estimate of drug-likeness (QED) is 0.618.